The molecule has 2 aliphatic heterocycles. The Morgan fingerprint density at radius 3 is 2.88 bits per heavy atom. The highest BCUT2D eigenvalue weighted by Gasteiger charge is 2.26. The zero-order valence-electron chi connectivity index (χ0n) is 18.1. The molecule has 0 saturated carbocycles. The summed E-state index contributed by atoms with van der Waals surface area (Å²) >= 11 is 1.75. The molecule has 4 aromatic rings. The Balaban J connectivity index is 1.51. The molecule has 2 fully saturated rings. The first-order valence-electron chi connectivity index (χ1n) is 11.1. The number of aromatic amines is 1. The summed E-state index contributed by atoms with van der Waals surface area (Å²) in [5.74, 6) is 1.76. The van der Waals surface area contributed by atoms with Crippen LogP contribution in [-0.2, 0) is 16.0 Å². The Morgan fingerprint density at radius 2 is 2.00 bits per heavy atom. The van der Waals surface area contributed by atoms with Gasteiger partial charge in [0.1, 0.15) is 5.65 Å². The van der Waals surface area contributed by atoms with Gasteiger partial charge >= 0.3 is 0 Å². The van der Waals surface area contributed by atoms with Gasteiger partial charge in [-0.2, -0.15) is 0 Å². The summed E-state index contributed by atoms with van der Waals surface area (Å²) < 4.78 is 12.4. The van der Waals surface area contributed by atoms with E-state index in [0.717, 1.165) is 77.8 Å². The van der Waals surface area contributed by atoms with E-state index < -0.39 is 0 Å². The fraction of sp³-hybridized carbons (Fsp3) is 0.435. The van der Waals surface area contributed by atoms with Crippen molar-refractivity contribution in [2.45, 2.75) is 19.5 Å². The van der Waals surface area contributed by atoms with Crippen molar-refractivity contribution in [1.29, 1.82) is 0 Å². The molecule has 0 aromatic carbocycles. The Bertz CT molecular complexity index is 1250. The predicted molar refractivity (Wildman–Crippen MR) is 126 cm³/mol. The quantitative estimate of drug-likeness (QED) is 0.511. The van der Waals surface area contributed by atoms with E-state index in [-0.39, 0.29) is 6.04 Å². The Kier molecular flexibility index (Phi) is 5.26. The zero-order chi connectivity index (χ0) is 21.5. The number of nitrogens with zero attached hydrogens (tertiary/aromatic N) is 5. The number of ether oxygens (including phenoxy) is 2. The van der Waals surface area contributed by atoms with E-state index in [9.17, 15) is 0 Å². The van der Waals surface area contributed by atoms with Crippen LogP contribution in [0.3, 0.4) is 0 Å². The van der Waals surface area contributed by atoms with E-state index in [1.807, 2.05) is 24.5 Å². The van der Waals surface area contributed by atoms with E-state index in [4.69, 9.17) is 19.4 Å². The second-order valence-electron chi connectivity index (χ2n) is 8.41. The molecule has 1 N–H and O–H groups in total. The van der Waals surface area contributed by atoms with Crippen LogP contribution in [0, 0.1) is 0 Å². The van der Waals surface area contributed by atoms with Crippen LogP contribution in [0.2, 0.25) is 0 Å². The first-order chi connectivity index (χ1) is 15.8. The van der Waals surface area contributed by atoms with Crippen molar-refractivity contribution in [3.05, 3.63) is 35.5 Å². The van der Waals surface area contributed by atoms with E-state index >= 15 is 0 Å². The van der Waals surface area contributed by atoms with Crippen LogP contribution in [0.1, 0.15) is 12.5 Å². The molecule has 0 unspecified atom stereocenters. The second-order valence-corrected chi connectivity index (χ2v) is 9.29. The number of fused-ring (bicyclic) bond motifs is 2. The number of anilines is 1. The third-order valence-corrected chi connectivity index (χ3v) is 7.32. The minimum Gasteiger partial charge on any atom is -0.379 e. The first-order valence-corrected chi connectivity index (χ1v) is 12.0. The molecule has 0 spiro atoms. The van der Waals surface area contributed by atoms with Crippen LogP contribution in [-0.4, -0.2) is 76.9 Å². The van der Waals surface area contributed by atoms with Gasteiger partial charge in [0.15, 0.2) is 11.6 Å². The van der Waals surface area contributed by atoms with Gasteiger partial charge in [0.2, 0.25) is 0 Å². The molecule has 2 aliphatic rings. The highest BCUT2D eigenvalue weighted by atomic mass is 32.1. The minimum atomic E-state index is 0.268. The van der Waals surface area contributed by atoms with Crippen LogP contribution >= 0.6 is 11.3 Å². The van der Waals surface area contributed by atoms with E-state index in [0.29, 0.717) is 13.2 Å². The average molecular weight is 451 g/mol. The van der Waals surface area contributed by atoms with Crippen molar-refractivity contribution in [1.82, 2.24) is 24.8 Å². The summed E-state index contributed by atoms with van der Waals surface area (Å²) in [5, 5.41) is 3.30. The van der Waals surface area contributed by atoms with E-state index in [1.165, 1.54) is 5.56 Å². The van der Waals surface area contributed by atoms with Crippen LogP contribution in [0.4, 0.5) is 5.82 Å². The molecule has 0 amide bonds. The molecule has 4 aromatic heterocycles. The minimum absolute atomic E-state index is 0.268. The summed E-state index contributed by atoms with van der Waals surface area (Å²) in [7, 11) is 0. The van der Waals surface area contributed by atoms with Gasteiger partial charge in [0.05, 0.1) is 42.7 Å². The lowest BCUT2D eigenvalue weighted by Crippen LogP contribution is -2.44. The van der Waals surface area contributed by atoms with Crippen LogP contribution < -0.4 is 4.90 Å². The van der Waals surface area contributed by atoms with E-state index in [2.05, 4.69) is 32.1 Å². The van der Waals surface area contributed by atoms with Crippen molar-refractivity contribution in [2.75, 3.05) is 51.0 Å². The number of pyridine rings is 1. The molecule has 6 heterocycles. The van der Waals surface area contributed by atoms with Crippen molar-refractivity contribution in [3.63, 3.8) is 0 Å². The molecule has 9 heteroatoms. The Labute approximate surface area is 190 Å². The normalized spacial score (nSPS) is 20.4. The number of nitrogens with one attached hydrogen (secondary N) is 1. The summed E-state index contributed by atoms with van der Waals surface area (Å²) in [5.41, 5.74) is 4.17. The SMILES string of the molecule is C[C@@H]1COCCN1c1nc(-c2ccnc3[nH]ccc23)nc2c(CN3CCOCC3)csc12. The average Bonchev–Trinajstić information content (AvgIpc) is 3.47. The van der Waals surface area contributed by atoms with Crippen LogP contribution in [0.25, 0.3) is 32.6 Å². The monoisotopic (exact) mass is 450 g/mol. The molecule has 166 valence electrons. The number of H-pyrrole nitrogens is 1. The van der Waals surface area contributed by atoms with Gasteiger partial charge in [-0.25, -0.2) is 15.0 Å². The maximum atomic E-state index is 5.70. The van der Waals surface area contributed by atoms with Gasteiger partial charge in [-0.15, -0.1) is 11.3 Å². The van der Waals surface area contributed by atoms with Crippen molar-refractivity contribution < 1.29 is 9.47 Å². The fourth-order valence-corrected chi connectivity index (χ4v) is 5.58. The number of morpholine rings is 2. The molecule has 8 nitrogen and oxygen atoms in total. The molecule has 6 rings (SSSR count). The number of thiophene rings is 1. The van der Waals surface area contributed by atoms with E-state index in [1.54, 1.807) is 11.3 Å². The number of hydrogen-bond acceptors (Lipinski definition) is 8. The van der Waals surface area contributed by atoms with Gasteiger partial charge in [-0.1, -0.05) is 0 Å². The molecule has 0 bridgehead atoms. The highest BCUT2D eigenvalue weighted by Crippen LogP contribution is 2.37. The summed E-state index contributed by atoms with van der Waals surface area (Å²) in [6.07, 6.45) is 3.74. The first kappa shape index (κ1) is 20.0. The highest BCUT2D eigenvalue weighted by molar-refractivity contribution is 7.18. The number of aromatic nitrogens is 4. The maximum absolute atomic E-state index is 5.70. The summed E-state index contributed by atoms with van der Waals surface area (Å²) in [6, 6.07) is 4.33. The Hall–Kier alpha value is -2.59. The van der Waals surface area contributed by atoms with Gasteiger partial charge < -0.3 is 19.4 Å². The fourth-order valence-electron chi connectivity index (χ4n) is 4.58. The molecule has 2 saturated heterocycles. The molecule has 1 atom stereocenters. The smallest absolute Gasteiger partial charge is 0.163 e. The molecular formula is C23H26N6O2S. The van der Waals surface area contributed by atoms with Gasteiger partial charge in [0, 0.05) is 55.1 Å². The maximum Gasteiger partial charge on any atom is 0.163 e. The van der Waals surface area contributed by atoms with Crippen LogP contribution in [0.15, 0.2) is 29.9 Å². The third kappa shape index (κ3) is 3.55. The zero-order valence-corrected chi connectivity index (χ0v) is 18.9. The molecule has 0 radical (unpaired) electrons. The topological polar surface area (TPSA) is 79.4 Å². The lowest BCUT2D eigenvalue weighted by molar-refractivity contribution is 0.0344. The number of rotatable bonds is 4. The summed E-state index contributed by atoms with van der Waals surface area (Å²) in [4.78, 5) is 22.7. The largest absolute Gasteiger partial charge is 0.379 e. The molecule has 0 aliphatic carbocycles. The van der Waals surface area contributed by atoms with Crippen molar-refractivity contribution in [2.24, 2.45) is 0 Å². The van der Waals surface area contributed by atoms with Gasteiger partial charge in [-0.05, 0) is 24.4 Å². The van der Waals surface area contributed by atoms with Crippen molar-refractivity contribution in [3.8, 4) is 11.4 Å². The predicted octanol–water partition coefficient (Wildman–Crippen LogP) is 3.29. The standard InChI is InChI=1S/C23H26N6O2S/c1-15-13-31-11-8-29(15)23-20-19(16(14-32-20)12-28-6-9-30-10-7-28)26-22(27-23)18-3-5-25-21-17(18)2-4-24-21/h2-5,14-15H,6-13H2,1H3,(H,24,25)/t15-/m1/s1. The third-order valence-electron chi connectivity index (χ3n) is 6.31. The lowest BCUT2D eigenvalue weighted by atomic mass is 10.1. The Morgan fingerprint density at radius 1 is 1.12 bits per heavy atom. The second kappa shape index (κ2) is 8.40. The molecular weight excluding hydrogens is 424 g/mol. The lowest BCUT2D eigenvalue weighted by Gasteiger charge is -2.34. The molecule has 32 heavy (non-hydrogen) atoms. The van der Waals surface area contributed by atoms with Crippen molar-refractivity contribution >= 4 is 38.4 Å². The summed E-state index contributed by atoms with van der Waals surface area (Å²) in [6.45, 7) is 8.84. The van der Waals surface area contributed by atoms with Crippen LogP contribution in [0.5, 0.6) is 0 Å². The number of hydrogen-bond donors (Lipinski definition) is 1. The van der Waals surface area contributed by atoms with Gasteiger partial charge in [0.25, 0.3) is 0 Å². The van der Waals surface area contributed by atoms with Gasteiger partial charge in [-0.3, -0.25) is 4.90 Å².